The predicted molar refractivity (Wildman–Crippen MR) is 75.3 cm³/mol. The number of rotatable bonds is 6. The maximum absolute atomic E-state index is 5.83. The van der Waals surface area contributed by atoms with Gasteiger partial charge < -0.3 is 16.0 Å². The van der Waals surface area contributed by atoms with Gasteiger partial charge in [-0.2, -0.15) is 0 Å². The van der Waals surface area contributed by atoms with Gasteiger partial charge in [-0.05, 0) is 56.9 Å². The van der Waals surface area contributed by atoms with Gasteiger partial charge in [-0.1, -0.05) is 6.42 Å². The van der Waals surface area contributed by atoms with Gasteiger partial charge in [-0.3, -0.25) is 0 Å². The van der Waals surface area contributed by atoms with Crippen molar-refractivity contribution in [3.05, 3.63) is 16.3 Å². The number of piperidine rings is 1. The molecule has 3 nitrogen and oxygen atoms in total. The fourth-order valence-electron chi connectivity index (χ4n) is 2.31. The van der Waals surface area contributed by atoms with Gasteiger partial charge in [0.1, 0.15) is 0 Å². The Morgan fingerprint density at radius 2 is 2.12 bits per heavy atom. The molecule has 3 N–H and O–H groups in total. The van der Waals surface area contributed by atoms with Crippen LogP contribution in [0.25, 0.3) is 0 Å². The number of nitrogens with one attached hydrogen (secondary N) is 1. The third kappa shape index (κ3) is 4.30. The lowest BCUT2D eigenvalue weighted by Gasteiger charge is -2.26. The first kappa shape index (κ1) is 12.9. The average molecular weight is 253 g/mol. The van der Waals surface area contributed by atoms with Gasteiger partial charge in [0.15, 0.2) is 0 Å². The van der Waals surface area contributed by atoms with Gasteiger partial charge in [0.25, 0.3) is 0 Å². The highest BCUT2D eigenvalue weighted by Gasteiger charge is 2.08. The summed E-state index contributed by atoms with van der Waals surface area (Å²) in [5.74, 6) is 0. The molecule has 0 bridgehead atoms. The second kappa shape index (κ2) is 6.99. The van der Waals surface area contributed by atoms with Crippen LogP contribution in [0.15, 0.2) is 11.4 Å². The minimum atomic E-state index is 0.920. The van der Waals surface area contributed by atoms with Crippen LogP contribution >= 0.6 is 11.3 Å². The largest absolute Gasteiger partial charge is 0.398 e. The van der Waals surface area contributed by atoms with E-state index in [-0.39, 0.29) is 0 Å². The van der Waals surface area contributed by atoms with Crippen LogP contribution < -0.4 is 11.1 Å². The van der Waals surface area contributed by atoms with E-state index >= 15 is 0 Å². The van der Waals surface area contributed by atoms with Crippen molar-refractivity contribution in [2.75, 3.05) is 31.9 Å². The Balaban J connectivity index is 1.53. The van der Waals surface area contributed by atoms with Crippen molar-refractivity contribution in [2.45, 2.75) is 32.2 Å². The van der Waals surface area contributed by atoms with Crippen molar-refractivity contribution in [2.24, 2.45) is 0 Å². The zero-order valence-corrected chi connectivity index (χ0v) is 11.3. The van der Waals surface area contributed by atoms with E-state index in [1.807, 2.05) is 6.07 Å². The van der Waals surface area contributed by atoms with E-state index in [9.17, 15) is 0 Å². The van der Waals surface area contributed by atoms with Crippen LogP contribution in [0.4, 0.5) is 5.69 Å². The summed E-state index contributed by atoms with van der Waals surface area (Å²) in [4.78, 5) is 3.85. The number of hydrogen-bond acceptors (Lipinski definition) is 4. The van der Waals surface area contributed by atoms with E-state index in [1.165, 1.54) is 50.2 Å². The molecule has 0 saturated carbocycles. The zero-order chi connectivity index (χ0) is 11.9. The summed E-state index contributed by atoms with van der Waals surface area (Å²) in [7, 11) is 0. The standard InChI is InChI=1S/C13H23N3S/c14-12-5-10-17-13(12)11-15-6-4-9-16-7-2-1-3-8-16/h5,10,15H,1-4,6-9,11,14H2. The quantitative estimate of drug-likeness (QED) is 0.764. The molecule has 1 fully saturated rings. The van der Waals surface area contributed by atoms with E-state index < -0.39 is 0 Å². The molecule has 0 aromatic carbocycles. The smallest absolute Gasteiger partial charge is 0.0468 e. The van der Waals surface area contributed by atoms with Crippen molar-refractivity contribution >= 4 is 17.0 Å². The first-order valence-corrected chi connectivity index (χ1v) is 7.49. The molecule has 0 atom stereocenters. The van der Waals surface area contributed by atoms with Crippen LogP contribution in [0.1, 0.15) is 30.6 Å². The molecule has 4 heteroatoms. The highest BCUT2D eigenvalue weighted by Crippen LogP contribution is 2.17. The second-order valence-corrected chi connectivity index (χ2v) is 5.73. The number of nitrogens with two attached hydrogens (primary N) is 1. The van der Waals surface area contributed by atoms with Gasteiger partial charge in [0, 0.05) is 17.1 Å². The first-order chi connectivity index (χ1) is 8.36. The molecule has 1 aromatic heterocycles. The molecule has 2 rings (SSSR count). The molecule has 1 aliphatic heterocycles. The lowest BCUT2D eigenvalue weighted by Crippen LogP contribution is -2.32. The normalized spacial score (nSPS) is 17.4. The Morgan fingerprint density at radius 3 is 2.82 bits per heavy atom. The van der Waals surface area contributed by atoms with E-state index in [0.29, 0.717) is 0 Å². The molecule has 96 valence electrons. The number of likely N-dealkylation sites (tertiary alicyclic amines) is 1. The predicted octanol–water partition coefficient (Wildman–Crippen LogP) is 2.30. The summed E-state index contributed by atoms with van der Waals surface area (Å²) in [6, 6.07) is 1.98. The van der Waals surface area contributed by atoms with Gasteiger partial charge in [0.2, 0.25) is 0 Å². The van der Waals surface area contributed by atoms with Crippen LogP contribution in [0.3, 0.4) is 0 Å². The Bertz CT molecular complexity index is 318. The number of nitrogen functional groups attached to an aromatic ring is 1. The van der Waals surface area contributed by atoms with Crippen LogP contribution in [-0.4, -0.2) is 31.1 Å². The molecule has 0 spiro atoms. The Morgan fingerprint density at radius 1 is 1.29 bits per heavy atom. The highest BCUT2D eigenvalue weighted by atomic mass is 32.1. The molecular formula is C13H23N3S. The molecule has 2 heterocycles. The fourth-order valence-corrected chi connectivity index (χ4v) is 3.08. The minimum Gasteiger partial charge on any atom is -0.398 e. The maximum Gasteiger partial charge on any atom is 0.0468 e. The Labute approximate surface area is 108 Å². The summed E-state index contributed by atoms with van der Waals surface area (Å²) in [5, 5.41) is 5.53. The molecular weight excluding hydrogens is 230 g/mol. The highest BCUT2D eigenvalue weighted by molar-refractivity contribution is 7.10. The summed E-state index contributed by atoms with van der Waals surface area (Å²) < 4.78 is 0. The lowest BCUT2D eigenvalue weighted by atomic mass is 10.1. The fraction of sp³-hybridized carbons (Fsp3) is 0.692. The molecule has 0 amide bonds. The van der Waals surface area contributed by atoms with Crippen molar-refractivity contribution in [3.63, 3.8) is 0 Å². The van der Waals surface area contributed by atoms with Crippen molar-refractivity contribution < 1.29 is 0 Å². The topological polar surface area (TPSA) is 41.3 Å². The molecule has 0 aliphatic carbocycles. The molecule has 1 aromatic rings. The zero-order valence-electron chi connectivity index (χ0n) is 10.5. The maximum atomic E-state index is 5.83. The van der Waals surface area contributed by atoms with Gasteiger partial charge in [0.05, 0.1) is 0 Å². The lowest BCUT2D eigenvalue weighted by molar-refractivity contribution is 0.226. The van der Waals surface area contributed by atoms with Crippen LogP contribution in [0.5, 0.6) is 0 Å². The summed E-state index contributed by atoms with van der Waals surface area (Å²) in [6.07, 6.45) is 5.44. The number of nitrogens with zero attached hydrogens (tertiary/aromatic N) is 1. The first-order valence-electron chi connectivity index (χ1n) is 6.61. The second-order valence-electron chi connectivity index (χ2n) is 4.73. The van der Waals surface area contributed by atoms with Crippen molar-refractivity contribution in [1.82, 2.24) is 10.2 Å². The van der Waals surface area contributed by atoms with Gasteiger partial charge in [-0.15, -0.1) is 11.3 Å². The van der Waals surface area contributed by atoms with E-state index in [0.717, 1.165) is 18.8 Å². The van der Waals surface area contributed by atoms with Crippen LogP contribution in [-0.2, 0) is 6.54 Å². The molecule has 0 unspecified atom stereocenters. The number of anilines is 1. The molecule has 17 heavy (non-hydrogen) atoms. The number of hydrogen-bond donors (Lipinski definition) is 2. The molecule has 1 saturated heterocycles. The summed E-state index contributed by atoms with van der Waals surface area (Å²) >= 11 is 1.74. The number of thiophene rings is 1. The van der Waals surface area contributed by atoms with Crippen molar-refractivity contribution in [3.8, 4) is 0 Å². The van der Waals surface area contributed by atoms with E-state index in [4.69, 9.17) is 5.73 Å². The third-order valence-corrected chi connectivity index (χ3v) is 4.28. The Hall–Kier alpha value is -0.580. The van der Waals surface area contributed by atoms with Crippen LogP contribution in [0, 0.1) is 0 Å². The SMILES string of the molecule is Nc1ccsc1CNCCCN1CCCCC1. The molecule has 0 radical (unpaired) electrons. The average Bonchev–Trinajstić information content (AvgIpc) is 2.76. The third-order valence-electron chi connectivity index (χ3n) is 3.34. The van der Waals surface area contributed by atoms with Gasteiger partial charge >= 0.3 is 0 Å². The molecule has 1 aliphatic rings. The van der Waals surface area contributed by atoms with Crippen LogP contribution in [0.2, 0.25) is 0 Å². The summed E-state index contributed by atoms with van der Waals surface area (Å²) in [5.41, 5.74) is 6.76. The van der Waals surface area contributed by atoms with Gasteiger partial charge in [-0.25, -0.2) is 0 Å². The minimum absolute atomic E-state index is 0.920. The van der Waals surface area contributed by atoms with E-state index in [1.54, 1.807) is 11.3 Å². The van der Waals surface area contributed by atoms with E-state index in [2.05, 4.69) is 15.6 Å². The monoisotopic (exact) mass is 253 g/mol. The Kier molecular flexibility index (Phi) is 5.29. The van der Waals surface area contributed by atoms with Crippen molar-refractivity contribution in [1.29, 1.82) is 0 Å². The summed E-state index contributed by atoms with van der Waals surface area (Å²) in [6.45, 7) is 5.86.